The number of hydrogen-bond donors (Lipinski definition) is 4. The van der Waals surface area contributed by atoms with Crippen LogP contribution >= 0.6 is 0 Å². The third kappa shape index (κ3) is 7.68. The van der Waals surface area contributed by atoms with Gasteiger partial charge in [0.25, 0.3) is 11.8 Å². The van der Waals surface area contributed by atoms with Gasteiger partial charge in [0.15, 0.2) is 18.0 Å². The number of rotatable bonds is 10. The fourth-order valence-corrected chi connectivity index (χ4v) is 6.69. The van der Waals surface area contributed by atoms with E-state index in [1.54, 1.807) is 91.4 Å². The number of benzene rings is 2. The second kappa shape index (κ2) is 15.6. The average molecular weight is 716 g/mol. The van der Waals surface area contributed by atoms with Crippen molar-refractivity contribution in [2.24, 2.45) is 0 Å². The number of nitrogens with zero attached hydrogens (tertiary/aromatic N) is 5. The summed E-state index contributed by atoms with van der Waals surface area (Å²) < 4.78 is 6.03. The summed E-state index contributed by atoms with van der Waals surface area (Å²) in [6, 6.07) is 19.1. The van der Waals surface area contributed by atoms with Gasteiger partial charge in [-0.1, -0.05) is 12.1 Å². The zero-order valence-corrected chi connectivity index (χ0v) is 28.5. The summed E-state index contributed by atoms with van der Waals surface area (Å²) >= 11 is 0. The molecule has 4 atom stereocenters. The third-order valence-electron chi connectivity index (χ3n) is 9.49. The SMILES string of the molecule is O=C(Nc1ccc(-c2cnc(-c3ccc(NC(=O)C4CCCN4C(=O)C(O)c4cccnc4)cc3)o2)cc1)C1CCCN1C(=O)C(O)c1cccnc1. The minimum absolute atomic E-state index is 0.336. The fourth-order valence-electron chi connectivity index (χ4n) is 6.69. The van der Waals surface area contributed by atoms with E-state index >= 15 is 0 Å². The first kappa shape index (κ1) is 35.2. The Morgan fingerprint density at radius 1 is 0.660 bits per heavy atom. The first-order chi connectivity index (χ1) is 25.8. The molecule has 2 aliphatic heterocycles. The van der Waals surface area contributed by atoms with Crippen LogP contribution in [0, 0.1) is 0 Å². The largest absolute Gasteiger partial charge is 0.436 e. The molecule has 5 heterocycles. The first-order valence-electron chi connectivity index (χ1n) is 17.3. The number of oxazole rings is 1. The first-order valence-corrected chi connectivity index (χ1v) is 17.3. The number of nitrogens with one attached hydrogen (secondary N) is 2. The van der Waals surface area contributed by atoms with E-state index in [0.717, 1.165) is 5.56 Å². The molecule has 2 aliphatic rings. The van der Waals surface area contributed by atoms with Crippen LogP contribution in [0.1, 0.15) is 49.0 Å². The number of anilines is 2. The van der Waals surface area contributed by atoms with Crippen LogP contribution in [0.4, 0.5) is 11.4 Å². The number of aromatic nitrogens is 3. The van der Waals surface area contributed by atoms with Crippen LogP contribution in [0.5, 0.6) is 0 Å². The highest BCUT2D eigenvalue weighted by Crippen LogP contribution is 2.30. The topological polar surface area (TPSA) is 191 Å². The molecule has 2 aromatic carbocycles. The molecule has 270 valence electrons. The van der Waals surface area contributed by atoms with E-state index in [4.69, 9.17) is 4.42 Å². The maximum absolute atomic E-state index is 13.2. The molecule has 2 fully saturated rings. The minimum atomic E-state index is -1.40. The zero-order chi connectivity index (χ0) is 36.9. The Morgan fingerprint density at radius 2 is 1.13 bits per heavy atom. The molecule has 14 heteroatoms. The van der Waals surface area contributed by atoms with E-state index in [1.807, 2.05) is 0 Å². The second-order valence-corrected chi connectivity index (χ2v) is 12.9. The van der Waals surface area contributed by atoms with Crippen molar-refractivity contribution in [2.45, 2.75) is 50.0 Å². The molecule has 14 nitrogen and oxygen atoms in total. The number of likely N-dealkylation sites (tertiary alicyclic amines) is 2. The number of carbonyl (C=O) groups is 4. The minimum Gasteiger partial charge on any atom is -0.436 e. The van der Waals surface area contributed by atoms with Gasteiger partial charge < -0.3 is 35.1 Å². The summed E-state index contributed by atoms with van der Waals surface area (Å²) in [6.45, 7) is 0.748. The normalized spacial score (nSPS) is 18.0. The highest BCUT2D eigenvalue weighted by Gasteiger charge is 2.38. The number of aliphatic hydroxyl groups is 2. The summed E-state index contributed by atoms with van der Waals surface area (Å²) in [5, 5.41) is 26.9. The van der Waals surface area contributed by atoms with Gasteiger partial charge in [-0.2, -0.15) is 0 Å². The lowest BCUT2D eigenvalue weighted by Gasteiger charge is -2.26. The van der Waals surface area contributed by atoms with Crippen molar-refractivity contribution in [2.75, 3.05) is 23.7 Å². The Kier molecular flexibility index (Phi) is 10.3. The third-order valence-corrected chi connectivity index (χ3v) is 9.49. The zero-order valence-electron chi connectivity index (χ0n) is 28.5. The molecule has 53 heavy (non-hydrogen) atoms. The molecule has 3 aromatic heterocycles. The fraction of sp³-hybridized carbons (Fsp3) is 0.256. The molecule has 0 spiro atoms. The van der Waals surface area contributed by atoms with Gasteiger partial charge in [0, 0.05) is 71.5 Å². The Labute approximate surface area is 304 Å². The summed E-state index contributed by atoms with van der Waals surface area (Å²) in [5.74, 6) is -0.868. The van der Waals surface area contributed by atoms with E-state index < -0.39 is 36.1 Å². The predicted octanol–water partition coefficient (Wildman–Crippen LogP) is 4.12. The molecule has 0 saturated carbocycles. The number of hydrogen-bond acceptors (Lipinski definition) is 10. The van der Waals surface area contributed by atoms with Crippen molar-refractivity contribution in [3.05, 3.63) is 115 Å². The van der Waals surface area contributed by atoms with Gasteiger partial charge in [-0.3, -0.25) is 29.1 Å². The lowest BCUT2D eigenvalue weighted by Crippen LogP contribution is -2.45. The molecule has 0 aliphatic carbocycles. The molecule has 5 aromatic rings. The van der Waals surface area contributed by atoms with Crippen LogP contribution < -0.4 is 10.6 Å². The Morgan fingerprint density at radius 3 is 1.58 bits per heavy atom. The molecular weight excluding hydrogens is 678 g/mol. The van der Waals surface area contributed by atoms with Gasteiger partial charge in [-0.25, -0.2) is 4.98 Å². The van der Waals surface area contributed by atoms with Crippen molar-refractivity contribution < 1.29 is 33.8 Å². The van der Waals surface area contributed by atoms with Gasteiger partial charge in [-0.05, 0) is 86.3 Å². The molecule has 4 unspecified atom stereocenters. The molecule has 7 rings (SSSR count). The quantitative estimate of drug-likeness (QED) is 0.164. The summed E-state index contributed by atoms with van der Waals surface area (Å²) in [4.78, 5) is 67.6. The standard InChI is InChI=1S/C39H37N7O7/c47-33(26-5-1-17-40-21-26)38(51)45-19-3-7-30(45)35(49)43-28-13-9-24(10-14-28)32-23-42-37(53-32)25-11-15-29(16-12-25)44-36(50)31-8-4-20-46(31)39(52)34(48)27-6-2-18-41-22-27/h1-2,5-6,9-18,21-23,30-31,33-34,47-48H,3-4,7-8,19-20H2,(H,43,49)(H,44,50). The maximum Gasteiger partial charge on any atom is 0.256 e. The van der Waals surface area contributed by atoms with Crippen molar-refractivity contribution in [3.8, 4) is 22.8 Å². The monoisotopic (exact) mass is 715 g/mol. The number of aliphatic hydroxyl groups excluding tert-OH is 2. The van der Waals surface area contributed by atoms with Crippen LogP contribution in [-0.2, 0) is 19.2 Å². The molecule has 4 amide bonds. The van der Waals surface area contributed by atoms with Gasteiger partial charge >= 0.3 is 0 Å². The van der Waals surface area contributed by atoms with Gasteiger partial charge in [0.1, 0.15) is 12.1 Å². The second-order valence-electron chi connectivity index (χ2n) is 12.9. The molecule has 0 radical (unpaired) electrons. The average Bonchev–Trinajstić information content (AvgIpc) is 4.00. The van der Waals surface area contributed by atoms with Crippen LogP contribution in [0.15, 0.2) is 108 Å². The van der Waals surface area contributed by atoms with Crippen LogP contribution in [0.3, 0.4) is 0 Å². The summed E-state index contributed by atoms with van der Waals surface area (Å²) in [7, 11) is 0. The van der Waals surface area contributed by atoms with Crippen LogP contribution in [0.25, 0.3) is 22.8 Å². The Hall–Kier alpha value is -6.25. The van der Waals surface area contributed by atoms with Crippen LogP contribution in [-0.4, -0.2) is 83.8 Å². The van der Waals surface area contributed by atoms with Gasteiger partial charge in [0.2, 0.25) is 17.7 Å². The Balaban J connectivity index is 0.938. The molecule has 4 N–H and O–H groups in total. The lowest BCUT2D eigenvalue weighted by atomic mass is 10.1. The van der Waals surface area contributed by atoms with Crippen molar-refractivity contribution in [1.82, 2.24) is 24.8 Å². The van der Waals surface area contributed by atoms with Crippen molar-refractivity contribution in [3.63, 3.8) is 0 Å². The molecule has 2 saturated heterocycles. The van der Waals surface area contributed by atoms with E-state index in [-0.39, 0.29) is 11.8 Å². The number of amides is 4. The predicted molar refractivity (Wildman–Crippen MR) is 192 cm³/mol. The van der Waals surface area contributed by atoms with E-state index in [0.29, 0.717) is 78.5 Å². The lowest BCUT2D eigenvalue weighted by molar-refractivity contribution is -0.144. The summed E-state index contributed by atoms with van der Waals surface area (Å²) in [5.41, 5.74) is 3.23. The highest BCUT2D eigenvalue weighted by atomic mass is 16.4. The highest BCUT2D eigenvalue weighted by molar-refractivity contribution is 5.99. The van der Waals surface area contributed by atoms with Gasteiger partial charge in [-0.15, -0.1) is 0 Å². The maximum atomic E-state index is 13.2. The van der Waals surface area contributed by atoms with Gasteiger partial charge in [0.05, 0.1) is 6.20 Å². The van der Waals surface area contributed by atoms with E-state index in [9.17, 15) is 29.4 Å². The smallest absolute Gasteiger partial charge is 0.256 e. The molecule has 0 bridgehead atoms. The summed E-state index contributed by atoms with van der Waals surface area (Å²) in [6.07, 6.45) is 7.05. The van der Waals surface area contributed by atoms with Crippen molar-refractivity contribution >= 4 is 35.0 Å². The number of carbonyl (C=O) groups excluding carboxylic acids is 4. The van der Waals surface area contributed by atoms with Crippen molar-refractivity contribution in [1.29, 1.82) is 0 Å². The van der Waals surface area contributed by atoms with E-state index in [2.05, 4.69) is 25.6 Å². The van der Waals surface area contributed by atoms with E-state index in [1.165, 1.54) is 22.2 Å². The Bertz CT molecular complexity index is 1930. The number of pyridine rings is 2. The molecular formula is C39H37N7O7. The van der Waals surface area contributed by atoms with Crippen LogP contribution in [0.2, 0.25) is 0 Å².